The van der Waals surface area contributed by atoms with Crippen molar-refractivity contribution in [2.45, 2.75) is 33.7 Å². The maximum absolute atomic E-state index is 3.57. The fourth-order valence-corrected chi connectivity index (χ4v) is 2.68. The molecule has 100 valence electrons. The summed E-state index contributed by atoms with van der Waals surface area (Å²) in [5, 5.41) is 3.57. The van der Waals surface area contributed by atoms with Gasteiger partial charge >= 0.3 is 0 Å². The molecule has 19 heavy (non-hydrogen) atoms. The van der Waals surface area contributed by atoms with Gasteiger partial charge in [0.1, 0.15) is 0 Å². The van der Waals surface area contributed by atoms with Gasteiger partial charge < -0.3 is 5.32 Å². The van der Waals surface area contributed by atoms with E-state index >= 15 is 0 Å². The van der Waals surface area contributed by atoms with Crippen molar-refractivity contribution in [1.29, 1.82) is 0 Å². The van der Waals surface area contributed by atoms with Crippen molar-refractivity contribution >= 4 is 28.3 Å². The zero-order chi connectivity index (χ0) is 14.0. The van der Waals surface area contributed by atoms with Crippen LogP contribution in [0.25, 0.3) is 0 Å². The average molecular weight is 365 g/mol. The van der Waals surface area contributed by atoms with E-state index in [1.807, 2.05) is 0 Å². The minimum atomic E-state index is 0.319. The third kappa shape index (κ3) is 3.50. The average Bonchev–Trinajstić information content (AvgIpc) is 2.36. The SMILES string of the molecule is Cc1cc(C)c(C(C)Nc2ccc(I)cc2)cc1C. The maximum Gasteiger partial charge on any atom is 0.0488 e. The number of aryl methyl sites for hydroxylation is 3. The Morgan fingerprint density at radius 3 is 2.11 bits per heavy atom. The first kappa shape index (κ1) is 14.4. The smallest absolute Gasteiger partial charge is 0.0488 e. The Kier molecular flexibility index (Phi) is 4.50. The van der Waals surface area contributed by atoms with Crippen molar-refractivity contribution < 1.29 is 0 Å². The Morgan fingerprint density at radius 1 is 0.895 bits per heavy atom. The highest BCUT2D eigenvalue weighted by Crippen LogP contribution is 2.25. The zero-order valence-electron chi connectivity index (χ0n) is 11.9. The number of rotatable bonds is 3. The van der Waals surface area contributed by atoms with E-state index in [4.69, 9.17) is 0 Å². The molecule has 0 amide bonds. The van der Waals surface area contributed by atoms with Gasteiger partial charge in [-0.05, 0) is 96.8 Å². The van der Waals surface area contributed by atoms with E-state index in [0.29, 0.717) is 6.04 Å². The molecular weight excluding hydrogens is 345 g/mol. The normalized spacial score (nSPS) is 12.3. The predicted octanol–water partition coefficient (Wildman–Crippen LogP) is 5.39. The molecule has 2 rings (SSSR count). The van der Waals surface area contributed by atoms with Crippen molar-refractivity contribution in [2.75, 3.05) is 5.32 Å². The molecule has 2 aromatic carbocycles. The Labute approximate surface area is 129 Å². The van der Waals surface area contributed by atoms with Crippen molar-refractivity contribution in [1.82, 2.24) is 0 Å². The number of hydrogen-bond donors (Lipinski definition) is 1. The van der Waals surface area contributed by atoms with E-state index < -0.39 is 0 Å². The third-order valence-electron chi connectivity index (χ3n) is 3.58. The van der Waals surface area contributed by atoms with E-state index in [2.05, 4.69) is 92.0 Å². The van der Waals surface area contributed by atoms with Crippen LogP contribution >= 0.6 is 22.6 Å². The van der Waals surface area contributed by atoms with E-state index in [1.54, 1.807) is 0 Å². The van der Waals surface area contributed by atoms with Gasteiger partial charge in [0.15, 0.2) is 0 Å². The first-order chi connectivity index (χ1) is 8.97. The Hall–Kier alpha value is -1.03. The van der Waals surface area contributed by atoms with Gasteiger partial charge in [-0.25, -0.2) is 0 Å². The third-order valence-corrected chi connectivity index (χ3v) is 4.30. The lowest BCUT2D eigenvalue weighted by Crippen LogP contribution is -2.09. The Morgan fingerprint density at radius 2 is 1.47 bits per heavy atom. The molecule has 1 nitrogen and oxygen atoms in total. The molecule has 1 N–H and O–H groups in total. The zero-order valence-corrected chi connectivity index (χ0v) is 14.1. The molecule has 0 aliphatic heterocycles. The molecule has 0 radical (unpaired) electrons. The summed E-state index contributed by atoms with van der Waals surface area (Å²) in [7, 11) is 0. The van der Waals surface area contributed by atoms with Gasteiger partial charge in [-0.2, -0.15) is 0 Å². The standard InChI is InChI=1S/C17H20IN/c1-11-9-13(3)17(10-12(11)2)14(4)19-16-7-5-15(18)6-8-16/h5-10,14,19H,1-4H3. The molecule has 0 saturated heterocycles. The first-order valence-corrected chi connectivity index (χ1v) is 7.65. The highest BCUT2D eigenvalue weighted by Gasteiger charge is 2.09. The van der Waals surface area contributed by atoms with Crippen molar-refractivity contribution in [3.05, 3.63) is 62.2 Å². The second-order valence-corrected chi connectivity index (χ2v) is 6.41. The van der Waals surface area contributed by atoms with Crippen LogP contribution in [0.3, 0.4) is 0 Å². The van der Waals surface area contributed by atoms with Gasteiger partial charge in [0.05, 0.1) is 0 Å². The summed E-state index contributed by atoms with van der Waals surface area (Å²) in [5.41, 5.74) is 6.63. The highest BCUT2D eigenvalue weighted by molar-refractivity contribution is 14.1. The lowest BCUT2D eigenvalue weighted by Gasteiger charge is -2.19. The summed E-state index contributed by atoms with van der Waals surface area (Å²) in [4.78, 5) is 0. The maximum atomic E-state index is 3.57. The molecule has 0 aliphatic carbocycles. The van der Waals surface area contributed by atoms with Crippen molar-refractivity contribution in [3.63, 3.8) is 0 Å². The minimum Gasteiger partial charge on any atom is -0.379 e. The van der Waals surface area contributed by atoms with Gasteiger partial charge in [-0.3, -0.25) is 0 Å². The summed E-state index contributed by atoms with van der Waals surface area (Å²) in [5.74, 6) is 0. The molecule has 0 bridgehead atoms. The molecule has 1 unspecified atom stereocenters. The second kappa shape index (κ2) is 5.95. The fourth-order valence-electron chi connectivity index (χ4n) is 2.32. The molecular formula is C17H20IN. The van der Waals surface area contributed by atoms with Gasteiger partial charge in [-0.1, -0.05) is 12.1 Å². The Bertz CT molecular complexity index is 573. The van der Waals surface area contributed by atoms with Crippen LogP contribution in [-0.4, -0.2) is 0 Å². The van der Waals surface area contributed by atoms with E-state index in [1.165, 1.54) is 31.5 Å². The van der Waals surface area contributed by atoms with Crippen LogP contribution in [-0.2, 0) is 0 Å². The van der Waals surface area contributed by atoms with Crippen LogP contribution < -0.4 is 5.32 Å². The molecule has 0 fully saturated rings. The van der Waals surface area contributed by atoms with Gasteiger partial charge in [0.25, 0.3) is 0 Å². The molecule has 1 atom stereocenters. The Balaban J connectivity index is 2.22. The molecule has 0 heterocycles. The molecule has 0 spiro atoms. The lowest BCUT2D eigenvalue weighted by molar-refractivity contribution is 0.870. The highest BCUT2D eigenvalue weighted by atomic mass is 127. The monoisotopic (exact) mass is 365 g/mol. The van der Waals surface area contributed by atoms with Crippen LogP contribution in [0.5, 0.6) is 0 Å². The van der Waals surface area contributed by atoms with Gasteiger partial charge in [0.2, 0.25) is 0 Å². The molecule has 2 heteroatoms. The number of anilines is 1. The minimum absolute atomic E-state index is 0.319. The number of halogens is 1. The van der Waals surface area contributed by atoms with Crippen LogP contribution in [0.4, 0.5) is 5.69 Å². The second-order valence-electron chi connectivity index (χ2n) is 5.17. The van der Waals surface area contributed by atoms with E-state index in [9.17, 15) is 0 Å². The van der Waals surface area contributed by atoms with E-state index in [0.717, 1.165) is 0 Å². The van der Waals surface area contributed by atoms with Crippen molar-refractivity contribution in [3.8, 4) is 0 Å². The predicted molar refractivity (Wildman–Crippen MR) is 91.8 cm³/mol. The lowest BCUT2D eigenvalue weighted by atomic mass is 9.96. The number of hydrogen-bond acceptors (Lipinski definition) is 1. The van der Waals surface area contributed by atoms with Crippen LogP contribution in [0, 0.1) is 24.3 Å². The molecule has 0 aromatic heterocycles. The molecule has 0 aliphatic rings. The summed E-state index contributed by atoms with van der Waals surface area (Å²) in [6, 6.07) is 13.4. The topological polar surface area (TPSA) is 12.0 Å². The van der Waals surface area contributed by atoms with E-state index in [-0.39, 0.29) is 0 Å². The van der Waals surface area contributed by atoms with Crippen LogP contribution in [0.2, 0.25) is 0 Å². The summed E-state index contributed by atoms with van der Waals surface area (Å²) >= 11 is 2.33. The quantitative estimate of drug-likeness (QED) is 0.720. The van der Waals surface area contributed by atoms with Gasteiger partial charge in [0, 0.05) is 15.3 Å². The summed E-state index contributed by atoms with van der Waals surface area (Å²) in [6.45, 7) is 8.75. The first-order valence-electron chi connectivity index (χ1n) is 6.57. The molecule has 0 saturated carbocycles. The summed E-state index contributed by atoms with van der Waals surface area (Å²) in [6.07, 6.45) is 0. The van der Waals surface area contributed by atoms with Gasteiger partial charge in [-0.15, -0.1) is 0 Å². The van der Waals surface area contributed by atoms with Crippen LogP contribution in [0.15, 0.2) is 36.4 Å². The number of nitrogens with one attached hydrogen (secondary N) is 1. The molecule has 2 aromatic rings. The largest absolute Gasteiger partial charge is 0.379 e. The van der Waals surface area contributed by atoms with Crippen LogP contribution in [0.1, 0.15) is 35.2 Å². The number of benzene rings is 2. The fraction of sp³-hybridized carbons (Fsp3) is 0.294. The summed E-state index contributed by atoms with van der Waals surface area (Å²) < 4.78 is 1.26. The van der Waals surface area contributed by atoms with Crippen molar-refractivity contribution in [2.24, 2.45) is 0 Å².